The second-order valence-electron chi connectivity index (χ2n) is 3.22. The highest BCUT2D eigenvalue weighted by molar-refractivity contribution is 14.1. The molecule has 82 valence electrons. The van der Waals surface area contributed by atoms with Gasteiger partial charge in [0.05, 0.1) is 3.57 Å². The first-order valence-corrected chi connectivity index (χ1v) is 6.03. The fourth-order valence-electron chi connectivity index (χ4n) is 1.30. The van der Waals surface area contributed by atoms with E-state index in [-0.39, 0.29) is 0 Å². The van der Waals surface area contributed by atoms with Crippen LogP contribution in [-0.2, 0) is 6.42 Å². The van der Waals surface area contributed by atoms with Crippen LogP contribution in [0.3, 0.4) is 0 Å². The minimum atomic E-state index is 0.823. The van der Waals surface area contributed by atoms with E-state index in [4.69, 9.17) is 0 Å². The number of nitrogens with zero attached hydrogens (tertiary/aromatic N) is 3. The summed E-state index contributed by atoms with van der Waals surface area (Å²) in [5.41, 5.74) is 1.08. The molecule has 0 bridgehead atoms. The van der Waals surface area contributed by atoms with Crippen molar-refractivity contribution in [1.29, 1.82) is 0 Å². The van der Waals surface area contributed by atoms with Gasteiger partial charge in [0.15, 0.2) is 0 Å². The molecule has 2 aromatic heterocycles. The summed E-state index contributed by atoms with van der Waals surface area (Å²) in [6.45, 7) is 0.823. The first-order valence-electron chi connectivity index (χ1n) is 4.95. The summed E-state index contributed by atoms with van der Waals surface area (Å²) in [5, 5.41) is 3.26. The van der Waals surface area contributed by atoms with Gasteiger partial charge in [-0.3, -0.25) is 4.98 Å². The lowest BCUT2D eigenvalue weighted by Crippen LogP contribution is -2.08. The molecule has 16 heavy (non-hydrogen) atoms. The number of anilines is 1. The molecule has 0 saturated carbocycles. The summed E-state index contributed by atoms with van der Waals surface area (Å²) in [7, 11) is 0. The Balaban J connectivity index is 1.87. The second-order valence-corrected chi connectivity index (χ2v) is 4.38. The average molecular weight is 326 g/mol. The Bertz CT molecular complexity index is 447. The van der Waals surface area contributed by atoms with Gasteiger partial charge in [-0.15, -0.1) is 0 Å². The minimum absolute atomic E-state index is 0.823. The summed E-state index contributed by atoms with van der Waals surface area (Å²) in [6, 6.07) is 5.94. The van der Waals surface area contributed by atoms with Crippen LogP contribution in [0.1, 0.15) is 5.69 Å². The molecule has 2 heterocycles. The Morgan fingerprint density at radius 2 is 2.19 bits per heavy atom. The molecular weight excluding hydrogens is 315 g/mol. The highest BCUT2D eigenvalue weighted by atomic mass is 127. The van der Waals surface area contributed by atoms with E-state index in [9.17, 15) is 0 Å². The van der Waals surface area contributed by atoms with Crippen LogP contribution in [-0.4, -0.2) is 21.5 Å². The van der Waals surface area contributed by atoms with Gasteiger partial charge in [0.1, 0.15) is 12.1 Å². The first-order chi connectivity index (χ1) is 7.86. The SMILES string of the molecule is Ic1cncnc1NCCc1ccccn1. The van der Waals surface area contributed by atoms with E-state index in [1.807, 2.05) is 24.4 Å². The average Bonchev–Trinajstić information content (AvgIpc) is 2.33. The Morgan fingerprint density at radius 1 is 1.25 bits per heavy atom. The Kier molecular flexibility index (Phi) is 4.03. The van der Waals surface area contributed by atoms with Crippen molar-refractivity contribution in [3.63, 3.8) is 0 Å². The molecule has 0 aliphatic carbocycles. The minimum Gasteiger partial charge on any atom is -0.369 e. The van der Waals surface area contributed by atoms with E-state index in [1.165, 1.54) is 0 Å². The van der Waals surface area contributed by atoms with Crippen molar-refractivity contribution in [2.24, 2.45) is 0 Å². The Morgan fingerprint density at radius 3 is 2.94 bits per heavy atom. The quantitative estimate of drug-likeness (QED) is 0.875. The predicted molar refractivity (Wildman–Crippen MR) is 71.2 cm³/mol. The van der Waals surface area contributed by atoms with Gasteiger partial charge in [0.2, 0.25) is 0 Å². The van der Waals surface area contributed by atoms with Crippen LogP contribution < -0.4 is 5.32 Å². The fraction of sp³-hybridized carbons (Fsp3) is 0.182. The van der Waals surface area contributed by atoms with Gasteiger partial charge in [-0.2, -0.15) is 0 Å². The van der Waals surface area contributed by atoms with Gasteiger partial charge in [-0.25, -0.2) is 9.97 Å². The number of rotatable bonds is 4. The van der Waals surface area contributed by atoms with Gasteiger partial charge in [0.25, 0.3) is 0 Å². The number of pyridine rings is 1. The number of hydrogen-bond donors (Lipinski definition) is 1. The standard InChI is InChI=1S/C11H11IN4/c12-10-7-13-8-16-11(10)15-6-4-9-3-1-2-5-14-9/h1-3,5,7-8H,4,6H2,(H,13,15,16). The lowest BCUT2D eigenvalue weighted by atomic mass is 10.3. The molecule has 0 amide bonds. The van der Waals surface area contributed by atoms with Crippen molar-refractivity contribution >= 4 is 28.4 Å². The lowest BCUT2D eigenvalue weighted by Gasteiger charge is -2.05. The molecule has 0 fully saturated rings. The van der Waals surface area contributed by atoms with Crippen molar-refractivity contribution < 1.29 is 0 Å². The Hall–Kier alpha value is -1.24. The van der Waals surface area contributed by atoms with Gasteiger partial charge < -0.3 is 5.32 Å². The third kappa shape index (κ3) is 3.13. The largest absolute Gasteiger partial charge is 0.369 e. The van der Waals surface area contributed by atoms with Crippen molar-refractivity contribution in [3.05, 3.63) is 46.2 Å². The summed E-state index contributed by atoms with van der Waals surface area (Å²) in [6.07, 6.45) is 6.03. The molecular formula is C11H11IN4. The molecule has 0 aliphatic heterocycles. The summed E-state index contributed by atoms with van der Waals surface area (Å²) in [4.78, 5) is 12.4. The van der Waals surface area contributed by atoms with E-state index in [2.05, 4.69) is 42.9 Å². The summed E-state index contributed by atoms with van der Waals surface area (Å²) in [5.74, 6) is 0.881. The maximum atomic E-state index is 4.26. The van der Waals surface area contributed by atoms with Gasteiger partial charge in [0, 0.05) is 31.1 Å². The van der Waals surface area contributed by atoms with E-state index >= 15 is 0 Å². The van der Waals surface area contributed by atoms with Crippen LogP contribution in [0.15, 0.2) is 36.9 Å². The second kappa shape index (κ2) is 5.74. The molecule has 0 saturated heterocycles. The molecule has 2 rings (SSSR count). The van der Waals surface area contributed by atoms with Crippen molar-refractivity contribution in [2.75, 3.05) is 11.9 Å². The van der Waals surface area contributed by atoms with Crippen LogP contribution >= 0.6 is 22.6 Å². The third-order valence-corrected chi connectivity index (χ3v) is 2.86. The molecule has 0 atom stereocenters. The van der Waals surface area contributed by atoms with Crippen LogP contribution in [0.25, 0.3) is 0 Å². The fourth-order valence-corrected chi connectivity index (χ4v) is 1.79. The highest BCUT2D eigenvalue weighted by Crippen LogP contribution is 2.11. The van der Waals surface area contributed by atoms with Crippen molar-refractivity contribution in [2.45, 2.75) is 6.42 Å². The maximum Gasteiger partial charge on any atom is 0.142 e. The molecule has 0 aromatic carbocycles. The molecule has 0 radical (unpaired) electrons. The number of aromatic nitrogens is 3. The van der Waals surface area contributed by atoms with E-state index < -0.39 is 0 Å². The van der Waals surface area contributed by atoms with Crippen LogP contribution in [0.5, 0.6) is 0 Å². The zero-order chi connectivity index (χ0) is 11.2. The number of nitrogens with one attached hydrogen (secondary N) is 1. The molecule has 0 unspecified atom stereocenters. The highest BCUT2D eigenvalue weighted by Gasteiger charge is 1.99. The first kappa shape index (κ1) is 11.3. The molecule has 5 heteroatoms. The van der Waals surface area contributed by atoms with Crippen LogP contribution in [0, 0.1) is 3.57 Å². The van der Waals surface area contributed by atoms with Crippen molar-refractivity contribution in [1.82, 2.24) is 15.0 Å². The van der Waals surface area contributed by atoms with Crippen molar-refractivity contribution in [3.8, 4) is 0 Å². The smallest absolute Gasteiger partial charge is 0.142 e. The molecule has 4 nitrogen and oxygen atoms in total. The van der Waals surface area contributed by atoms with Gasteiger partial charge in [-0.05, 0) is 34.7 Å². The third-order valence-electron chi connectivity index (χ3n) is 2.07. The van der Waals surface area contributed by atoms with Gasteiger partial charge in [-0.1, -0.05) is 6.07 Å². The number of halogens is 1. The monoisotopic (exact) mass is 326 g/mol. The lowest BCUT2D eigenvalue weighted by molar-refractivity contribution is 0.948. The molecule has 0 aliphatic rings. The van der Waals surface area contributed by atoms with Crippen LogP contribution in [0.2, 0.25) is 0 Å². The zero-order valence-corrected chi connectivity index (χ0v) is 10.8. The maximum absolute atomic E-state index is 4.26. The van der Waals surface area contributed by atoms with Crippen LogP contribution in [0.4, 0.5) is 5.82 Å². The summed E-state index contributed by atoms with van der Waals surface area (Å²) < 4.78 is 1.03. The summed E-state index contributed by atoms with van der Waals surface area (Å²) >= 11 is 2.21. The Labute approximate surface area is 108 Å². The molecule has 0 spiro atoms. The van der Waals surface area contributed by atoms with E-state index in [0.717, 1.165) is 28.0 Å². The zero-order valence-electron chi connectivity index (χ0n) is 8.60. The molecule has 2 aromatic rings. The van der Waals surface area contributed by atoms with Gasteiger partial charge >= 0.3 is 0 Å². The normalized spacial score (nSPS) is 10.1. The predicted octanol–water partition coefficient (Wildman–Crippen LogP) is 2.13. The van der Waals surface area contributed by atoms with E-state index in [0.29, 0.717) is 0 Å². The number of hydrogen-bond acceptors (Lipinski definition) is 4. The topological polar surface area (TPSA) is 50.7 Å². The van der Waals surface area contributed by atoms with E-state index in [1.54, 1.807) is 12.5 Å². The molecule has 1 N–H and O–H groups in total.